The van der Waals surface area contributed by atoms with E-state index in [2.05, 4.69) is 41.5 Å². The van der Waals surface area contributed by atoms with E-state index < -0.39 is 0 Å². The molecule has 0 bridgehead atoms. The quantitative estimate of drug-likeness (QED) is 0.392. The summed E-state index contributed by atoms with van der Waals surface area (Å²) < 4.78 is 0. The minimum Gasteiger partial charge on any atom is -0.357 e. The average molecular weight is 367 g/mol. The third-order valence-corrected chi connectivity index (χ3v) is 5.35. The fourth-order valence-corrected chi connectivity index (χ4v) is 3.59. The maximum Gasteiger partial charge on any atom is 0.222 e. The van der Waals surface area contributed by atoms with Crippen molar-refractivity contribution in [3.8, 4) is 0 Å². The van der Waals surface area contributed by atoms with Gasteiger partial charge in [0.2, 0.25) is 5.91 Å². The Balaban J connectivity index is 1.73. The first-order valence-electron chi connectivity index (χ1n) is 10.3. The van der Waals surface area contributed by atoms with Gasteiger partial charge < -0.3 is 20.4 Å². The number of guanidine groups is 1. The molecule has 1 atom stereocenters. The molecular formula is C19H38N6O. The zero-order valence-corrected chi connectivity index (χ0v) is 17.0. The van der Waals surface area contributed by atoms with Crippen LogP contribution in [0.2, 0.25) is 0 Å². The Bertz CT molecular complexity index is 455. The maximum atomic E-state index is 12.0. The third-order valence-electron chi connectivity index (χ3n) is 5.35. The van der Waals surface area contributed by atoms with Gasteiger partial charge in [-0.25, -0.2) is 0 Å². The number of piperazine rings is 1. The Hall–Kier alpha value is -1.34. The number of likely N-dealkylation sites (N-methyl/N-ethyl adjacent to an activating group) is 2. The fourth-order valence-electron chi connectivity index (χ4n) is 3.59. The minimum atomic E-state index is 0.326. The van der Waals surface area contributed by atoms with Crippen molar-refractivity contribution in [2.24, 2.45) is 4.99 Å². The molecule has 7 nitrogen and oxygen atoms in total. The summed E-state index contributed by atoms with van der Waals surface area (Å²) in [5.41, 5.74) is 0. The van der Waals surface area contributed by atoms with Crippen LogP contribution < -0.4 is 10.6 Å². The van der Waals surface area contributed by atoms with E-state index in [9.17, 15) is 4.79 Å². The minimum absolute atomic E-state index is 0.326. The molecule has 0 aromatic rings. The molecule has 150 valence electrons. The summed E-state index contributed by atoms with van der Waals surface area (Å²) in [6.07, 6.45) is 5.06. The number of rotatable bonds is 7. The van der Waals surface area contributed by atoms with Gasteiger partial charge in [-0.05, 0) is 40.3 Å². The molecule has 2 aliphatic rings. The first kappa shape index (κ1) is 21.0. The topological polar surface area (TPSA) is 63.2 Å². The van der Waals surface area contributed by atoms with Crippen molar-refractivity contribution in [1.29, 1.82) is 0 Å². The van der Waals surface area contributed by atoms with Crippen LogP contribution in [0.1, 0.15) is 39.0 Å². The molecule has 0 aliphatic carbocycles. The fraction of sp³-hybridized carbons (Fsp3) is 0.895. The zero-order valence-electron chi connectivity index (χ0n) is 17.0. The lowest BCUT2D eigenvalue weighted by Gasteiger charge is -2.36. The van der Waals surface area contributed by atoms with Gasteiger partial charge in [0, 0.05) is 58.3 Å². The number of aliphatic imine (C=N–C) groups is 1. The zero-order chi connectivity index (χ0) is 18.8. The predicted molar refractivity (Wildman–Crippen MR) is 108 cm³/mol. The van der Waals surface area contributed by atoms with Crippen molar-refractivity contribution in [2.75, 3.05) is 66.5 Å². The number of amides is 1. The highest BCUT2D eigenvalue weighted by atomic mass is 16.2. The number of nitrogens with zero attached hydrogens (tertiary/aromatic N) is 4. The van der Waals surface area contributed by atoms with E-state index in [0.29, 0.717) is 11.9 Å². The van der Waals surface area contributed by atoms with E-state index in [1.807, 2.05) is 4.90 Å². The van der Waals surface area contributed by atoms with Gasteiger partial charge in [-0.1, -0.05) is 6.42 Å². The molecule has 0 spiro atoms. The lowest BCUT2D eigenvalue weighted by Crippen LogP contribution is -2.51. The first-order chi connectivity index (χ1) is 12.6. The van der Waals surface area contributed by atoms with Crippen molar-refractivity contribution in [3.05, 3.63) is 0 Å². The predicted octanol–water partition coefficient (Wildman–Crippen LogP) is 0.580. The number of carbonyl (C=O) groups excluding carboxylic acids is 1. The highest BCUT2D eigenvalue weighted by molar-refractivity contribution is 5.79. The Labute approximate surface area is 159 Å². The number of likely N-dealkylation sites (tertiary alicyclic amines) is 1. The summed E-state index contributed by atoms with van der Waals surface area (Å²) in [6, 6.07) is 0.471. The molecular weight excluding hydrogens is 328 g/mol. The van der Waals surface area contributed by atoms with Gasteiger partial charge in [0.15, 0.2) is 5.96 Å². The molecule has 0 aromatic carbocycles. The van der Waals surface area contributed by atoms with Gasteiger partial charge in [0.1, 0.15) is 0 Å². The van der Waals surface area contributed by atoms with E-state index in [1.165, 1.54) is 6.42 Å². The number of hydrogen-bond donors (Lipinski definition) is 2. The standard InChI is InChI=1S/C19H38N6O/c1-4-20-19(22-15-17-16-23(2)13-14-24(17)3)21-10-8-12-25-11-7-5-6-9-18(25)26/h17H,4-16H2,1-3H3,(H2,20,21,22). The second kappa shape index (κ2) is 11.4. The molecule has 2 aliphatic heterocycles. The van der Waals surface area contributed by atoms with Crippen LogP contribution >= 0.6 is 0 Å². The van der Waals surface area contributed by atoms with E-state index in [4.69, 9.17) is 4.99 Å². The molecule has 2 saturated heterocycles. The molecule has 1 unspecified atom stereocenters. The summed E-state index contributed by atoms with van der Waals surface area (Å²) in [5, 5.41) is 6.76. The lowest BCUT2D eigenvalue weighted by molar-refractivity contribution is -0.130. The molecule has 2 rings (SSSR count). The largest absolute Gasteiger partial charge is 0.357 e. The van der Waals surface area contributed by atoms with Gasteiger partial charge in [-0.2, -0.15) is 0 Å². The molecule has 2 fully saturated rings. The van der Waals surface area contributed by atoms with Gasteiger partial charge in [-0.15, -0.1) is 0 Å². The average Bonchev–Trinajstić information content (AvgIpc) is 2.83. The molecule has 1 amide bonds. The van der Waals surface area contributed by atoms with Crippen LogP contribution in [0.4, 0.5) is 0 Å². The molecule has 2 N–H and O–H groups in total. The van der Waals surface area contributed by atoms with Gasteiger partial charge in [0.25, 0.3) is 0 Å². The maximum absolute atomic E-state index is 12.0. The van der Waals surface area contributed by atoms with Crippen LogP contribution in [0.3, 0.4) is 0 Å². The van der Waals surface area contributed by atoms with Crippen molar-refractivity contribution in [1.82, 2.24) is 25.3 Å². The highest BCUT2D eigenvalue weighted by Gasteiger charge is 2.21. The molecule has 0 aromatic heterocycles. The second-order valence-electron chi connectivity index (χ2n) is 7.59. The smallest absolute Gasteiger partial charge is 0.222 e. The van der Waals surface area contributed by atoms with E-state index in [0.717, 1.165) is 84.0 Å². The Morgan fingerprint density at radius 1 is 1.15 bits per heavy atom. The van der Waals surface area contributed by atoms with Gasteiger partial charge in [-0.3, -0.25) is 14.7 Å². The van der Waals surface area contributed by atoms with Crippen molar-refractivity contribution < 1.29 is 4.79 Å². The van der Waals surface area contributed by atoms with Crippen LogP contribution in [-0.4, -0.2) is 99.1 Å². The summed E-state index contributed by atoms with van der Waals surface area (Å²) in [6.45, 7) is 9.67. The molecule has 0 saturated carbocycles. The Kier molecular flexibility index (Phi) is 9.18. The first-order valence-corrected chi connectivity index (χ1v) is 10.3. The molecule has 7 heteroatoms. The van der Waals surface area contributed by atoms with Crippen LogP contribution in [-0.2, 0) is 4.79 Å². The highest BCUT2D eigenvalue weighted by Crippen LogP contribution is 2.11. The van der Waals surface area contributed by atoms with Gasteiger partial charge >= 0.3 is 0 Å². The Morgan fingerprint density at radius 3 is 2.81 bits per heavy atom. The summed E-state index contributed by atoms with van der Waals surface area (Å²) in [7, 11) is 4.36. The molecule has 2 heterocycles. The number of hydrogen-bond acceptors (Lipinski definition) is 4. The van der Waals surface area contributed by atoms with Crippen LogP contribution in [0, 0.1) is 0 Å². The lowest BCUT2D eigenvalue weighted by atomic mass is 10.2. The van der Waals surface area contributed by atoms with Crippen LogP contribution in [0.5, 0.6) is 0 Å². The van der Waals surface area contributed by atoms with E-state index in [1.54, 1.807) is 0 Å². The van der Waals surface area contributed by atoms with Crippen molar-refractivity contribution in [3.63, 3.8) is 0 Å². The van der Waals surface area contributed by atoms with E-state index >= 15 is 0 Å². The SMILES string of the molecule is CCNC(=NCC1CN(C)CCN1C)NCCCN1CCCCCC1=O. The monoisotopic (exact) mass is 366 g/mol. The summed E-state index contributed by atoms with van der Waals surface area (Å²) in [5.74, 6) is 1.21. The van der Waals surface area contributed by atoms with Gasteiger partial charge in [0.05, 0.1) is 6.54 Å². The van der Waals surface area contributed by atoms with Crippen LogP contribution in [0.15, 0.2) is 4.99 Å². The number of nitrogens with one attached hydrogen (secondary N) is 2. The molecule has 26 heavy (non-hydrogen) atoms. The Morgan fingerprint density at radius 2 is 2.00 bits per heavy atom. The number of carbonyl (C=O) groups is 1. The van der Waals surface area contributed by atoms with Crippen molar-refractivity contribution in [2.45, 2.75) is 45.1 Å². The normalized spacial score (nSPS) is 23.8. The second-order valence-corrected chi connectivity index (χ2v) is 7.59. The van der Waals surface area contributed by atoms with Crippen molar-refractivity contribution >= 4 is 11.9 Å². The molecule has 0 radical (unpaired) electrons. The summed E-state index contributed by atoms with van der Waals surface area (Å²) >= 11 is 0. The van der Waals surface area contributed by atoms with E-state index in [-0.39, 0.29) is 0 Å². The summed E-state index contributed by atoms with van der Waals surface area (Å²) in [4.78, 5) is 23.6. The van der Waals surface area contributed by atoms with Crippen LogP contribution in [0.25, 0.3) is 0 Å². The third kappa shape index (κ3) is 7.11.